The summed E-state index contributed by atoms with van der Waals surface area (Å²) in [5, 5.41) is 1.69. The van der Waals surface area contributed by atoms with Crippen LogP contribution in [-0.4, -0.2) is 0 Å². The second kappa shape index (κ2) is 2.26. The molecule has 2 aromatic rings. The van der Waals surface area contributed by atoms with Crippen LogP contribution in [0, 0.1) is 0 Å². The number of alkyl halides is 3. The molecule has 0 saturated carbocycles. The molecule has 2 aromatic heterocycles. The Hall–Kier alpha value is -0.970. The maximum atomic E-state index is 12.0. The van der Waals surface area contributed by atoms with Crippen LogP contribution in [0.1, 0.15) is 5.76 Å². The van der Waals surface area contributed by atoms with Crippen LogP contribution in [0.3, 0.4) is 0 Å². The molecule has 0 fully saturated rings. The molecule has 0 bridgehead atoms. The number of rotatable bonds is 0. The maximum absolute atomic E-state index is 12.0. The Morgan fingerprint density at radius 3 is 2.67 bits per heavy atom. The van der Waals surface area contributed by atoms with E-state index in [0.29, 0.717) is 10.3 Å². The second-order valence-corrected chi connectivity index (χ2v) is 3.21. The minimum atomic E-state index is -4.38. The summed E-state index contributed by atoms with van der Waals surface area (Å²) in [6.45, 7) is 0. The first-order valence-electron chi connectivity index (χ1n) is 3.11. The molecule has 0 saturated heterocycles. The molecule has 12 heavy (non-hydrogen) atoms. The molecule has 64 valence electrons. The van der Waals surface area contributed by atoms with Gasteiger partial charge in [0, 0.05) is 6.07 Å². The van der Waals surface area contributed by atoms with Gasteiger partial charge >= 0.3 is 6.18 Å². The molecule has 0 aliphatic heterocycles. The predicted molar refractivity (Wildman–Crippen MR) is 39.1 cm³/mol. The normalized spacial score (nSPS) is 12.6. The van der Waals surface area contributed by atoms with Crippen LogP contribution in [0.5, 0.6) is 0 Å². The van der Waals surface area contributed by atoms with Crippen molar-refractivity contribution in [1.29, 1.82) is 0 Å². The molecule has 1 nitrogen and oxygen atoms in total. The molecule has 0 aliphatic rings. The van der Waals surface area contributed by atoms with Crippen LogP contribution in [0.4, 0.5) is 13.2 Å². The van der Waals surface area contributed by atoms with Gasteiger partial charge in [-0.15, -0.1) is 11.3 Å². The van der Waals surface area contributed by atoms with Gasteiger partial charge in [-0.2, -0.15) is 13.2 Å². The summed E-state index contributed by atoms with van der Waals surface area (Å²) in [4.78, 5) is 0. The summed E-state index contributed by atoms with van der Waals surface area (Å²) >= 11 is 1.23. The zero-order valence-corrected chi connectivity index (χ0v) is 6.50. The number of fused-ring (bicyclic) bond motifs is 1. The molecule has 0 atom stereocenters. The highest BCUT2D eigenvalue weighted by Gasteiger charge is 2.35. The first-order chi connectivity index (χ1) is 5.57. The first kappa shape index (κ1) is 7.67. The average molecular weight is 192 g/mol. The minimum Gasteiger partial charge on any atom is -0.451 e. The van der Waals surface area contributed by atoms with Crippen molar-refractivity contribution in [2.45, 2.75) is 6.18 Å². The molecule has 2 rings (SSSR count). The van der Waals surface area contributed by atoms with Gasteiger partial charge in [0.15, 0.2) is 0 Å². The lowest BCUT2D eigenvalue weighted by atomic mass is 10.4. The molecule has 0 N–H and O–H groups in total. The van der Waals surface area contributed by atoms with Gasteiger partial charge in [-0.3, -0.25) is 0 Å². The highest BCUT2D eigenvalue weighted by Crippen LogP contribution is 2.35. The Morgan fingerprint density at radius 1 is 1.33 bits per heavy atom. The van der Waals surface area contributed by atoms with Crippen molar-refractivity contribution in [3.05, 3.63) is 23.3 Å². The van der Waals surface area contributed by atoms with Gasteiger partial charge in [0.1, 0.15) is 5.58 Å². The van der Waals surface area contributed by atoms with Crippen LogP contribution in [0.2, 0.25) is 0 Å². The van der Waals surface area contributed by atoms with Crippen molar-refractivity contribution < 1.29 is 17.6 Å². The van der Waals surface area contributed by atoms with Crippen molar-refractivity contribution in [3.63, 3.8) is 0 Å². The average Bonchev–Trinajstić information content (AvgIpc) is 2.37. The Kier molecular flexibility index (Phi) is 1.44. The van der Waals surface area contributed by atoms with Crippen LogP contribution < -0.4 is 0 Å². The molecular weight excluding hydrogens is 189 g/mol. The van der Waals surface area contributed by atoms with E-state index in [0.717, 1.165) is 6.07 Å². The zero-order valence-electron chi connectivity index (χ0n) is 5.68. The van der Waals surface area contributed by atoms with Crippen LogP contribution in [-0.2, 0) is 6.18 Å². The van der Waals surface area contributed by atoms with E-state index in [1.165, 1.54) is 17.4 Å². The van der Waals surface area contributed by atoms with E-state index in [2.05, 4.69) is 4.42 Å². The summed E-state index contributed by atoms with van der Waals surface area (Å²) in [6.07, 6.45) is -4.38. The number of hydrogen-bond donors (Lipinski definition) is 0. The van der Waals surface area contributed by atoms with E-state index in [1.54, 1.807) is 5.38 Å². The van der Waals surface area contributed by atoms with Crippen molar-refractivity contribution in [2.24, 2.45) is 0 Å². The van der Waals surface area contributed by atoms with Gasteiger partial charge in [-0.1, -0.05) is 0 Å². The largest absolute Gasteiger partial charge is 0.451 e. The lowest BCUT2D eigenvalue weighted by molar-refractivity contribution is -0.152. The minimum absolute atomic E-state index is 0.298. The van der Waals surface area contributed by atoms with Crippen LogP contribution in [0.25, 0.3) is 10.3 Å². The summed E-state index contributed by atoms with van der Waals surface area (Å²) in [7, 11) is 0. The third-order valence-electron chi connectivity index (χ3n) is 1.42. The molecular formula is C7H3F3OS. The van der Waals surface area contributed by atoms with Crippen molar-refractivity contribution >= 4 is 21.6 Å². The smallest absolute Gasteiger partial charge is 0.449 e. The third-order valence-corrected chi connectivity index (χ3v) is 2.26. The van der Waals surface area contributed by atoms with Gasteiger partial charge in [0.25, 0.3) is 0 Å². The quantitative estimate of drug-likeness (QED) is 0.622. The monoisotopic (exact) mass is 192 g/mol. The summed E-state index contributed by atoms with van der Waals surface area (Å²) in [5.41, 5.74) is 0.298. The zero-order chi connectivity index (χ0) is 8.77. The van der Waals surface area contributed by atoms with E-state index < -0.39 is 11.9 Å². The highest BCUT2D eigenvalue weighted by molar-refractivity contribution is 7.17. The maximum Gasteiger partial charge on any atom is 0.449 e. The lowest BCUT2D eigenvalue weighted by Crippen LogP contribution is -2.01. The van der Waals surface area contributed by atoms with Gasteiger partial charge in [0.2, 0.25) is 5.76 Å². The van der Waals surface area contributed by atoms with Gasteiger partial charge in [-0.05, 0) is 11.4 Å². The summed E-state index contributed by atoms with van der Waals surface area (Å²) in [6, 6.07) is 2.54. The molecule has 0 radical (unpaired) electrons. The molecule has 0 unspecified atom stereocenters. The third kappa shape index (κ3) is 1.10. The lowest BCUT2D eigenvalue weighted by Gasteiger charge is -1.98. The fraction of sp³-hybridized carbons (Fsp3) is 0.143. The summed E-state index contributed by atoms with van der Waals surface area (Å²) in [5.74, 6) is -0.927. The highest BCUT2D eigenvalue weighted by atomic mass is 32.1. The standard InChI is InChI=1S/C7H3F3OS/c8-7(9,10)6-3-5-4(11-6)1-2-12-5/h1-3H. The number of halogens is 3. The fourth-order valence-corrected chi connectivity index (χ4v) is 1.64. The second-order valence-electron chi connectivity index (χ2n) is 2.26. The first-order valence-corrected chi connectivity index (χ1v) is 3.99. The number of furan rings is 1. The van der Waals surface area contributed by atoms with Crippen LogP contribution in [0.15, 0.2) is 21.9 Å². The van der Waals surface area contributed by atoms with Gasteiger partial charge in [0.05, 0.1) is 4.70 Å². The fourth-order valence-electron chi connectivity index (χ4n) is 0.905. The SMILES string of the molecule is FC(F)(F)c1cc2sccc2o1. The van der Waals surface area contributed by atoms with Crippen LogP contribution >= 0.6 is 11.3 Å². The Balaban J connectivity index is 2.59. The molecule has 5 heteroatoms. The Bertz CT molecular complexity index is 369. The number of hydrogen-bond acceptors (Lipinski definition) is 2. The molecule has 0 spiro atoms. The van der Waals surface area contributed by atoms with Crippen molar-refractivity contribution in [1.82, 2.24) is 0 Å². The van der Waals surface area contributed by atoms with Gasteiger partial charge in [-0.25, -0.2) is 0 Å². The summed E-state index contributed by atoms with van der Waals surface area (Å²) < 4.78 is 41.1. The predicted octanol–water partition coefficient (Wildman–Crippen LogP) is 3.51. The van der Waals surface area contributed by atoms with Crippen molar-refractivity contribution in [2.75, 3.05) is 0 Å². The van der Waals surface area contributed by atoms with E-state index >= 15 is 0 Å². The molecule has 0 aromatic carbocycles. The molecule has 0 aliphatic carbocycles. The topological polar surface area (TPSA) is 13.1 Å². The molecule has 2 heterocycles. The van der Waals surface area contributed by atoms with Crippen molar-refractivity contribution in [3.8, 4) is 0 Å². The van der Waals surface area contributed by atoms with E-state index in [1.807, 2.05) is 0 Å². The Labute approximate surface area is 69.4 Å². The van der Waals surface area contributed by atoms with E-state index in [-0.39, 0.29) is 0 Å². The van der Waals surface area contributed by atoms with Gasteiger partial charge < -0.3 is 4.42 Å². The molecule has 0 amide bonds. The van der Waals surface area contributed by atoms with E-state index in [9.17, 15) is 13.2 Å². The Morgan fingerprint density at radius 2 is 2.08 bits per heavy atom. The van der Waals surface area contributed by atoms with E-state index in [4.69, 9.17) is 0 Å². The number of thiophene rings is 1.